The van der Waals surface area contributed by atoms with Crippen molar-refractivity contribution >= 4 is 0 Å². The summed E-state index contributed by atoms with van der Waals surface area (Å²) in [5, 5.41) is 14.3. The summed E-state index contributed by atoms with van der Waals surface area (Å²) in [4.78, 5) is 2.50. The standard InChI is InChI=1S/C16H25N2O/c1-12(2)18-10-4-9-17-16(11-18)15-7-5-14(6-8-15)13(3)19/h5-8,12-13,16,19H,4,9-11H2,1-3H3. The summed E-state index contributed by atoms with van der Waals surface area (Å²) in [5.41, 5.74) is 2.23. The van der Waals surface area contributed by atoms with Gasteiger partial charge in [-0.1, -0.05) is 24.3 Å². The second-order valence-electron chi connectivity index (χ2n) is 5.71. The summed E-state index contributed by atoms with van der Waals surface area (Å²) in [6.45, 7) is 9.39. The van der Waals surface area contributed by atoms with Gasteiger partial charge in [0.05, 0.1) is 12.1 Å². The third-order valence-electron chi connectivity index (χ3n) is 3.89. The summed E-state index contributed by atoms with van der Waals surface area (Å²) < 4.78 is 0. The normalized spacial score (nSPS) is 23.3. The largest absolute Gasteiger partial charge is 0.389 e. The number of nitrogens with zero attached hydrogens (tertiary/aromatic N) is 2. The molecule has 0 bridgehead atoms. The SMILES string of the molecule is CC(O)c1ccc(C2CN(C(C)C)CCC[N]2)cc1. The molecule has 1 fully saturated rings. The quantitative estimate of drug-likeness (QED) is 0.907. The van der Waals surface area contributed by atoms with Crippen LogP contribution in [0.3, 0.4) is 0 Å². The van der Waals surface area contributed by atoms with E-state index < -0.39 is 6.10 Å². The Balaban J connectivity index is 2.10. The van der Waals surface area contributed by atoms with Gasteiger partial charge in [0.2, 0.25) is 0 Å². The number of rotatable bonds is 3. The van der Waals surface area contributed by atoms with Gasteiger partial charge in [0, 0.05) is 19.1 Å². The number of aliphatic hydroxyl groups is 1. The predicted molar refractivity (Wildman–Crippen MR) is 78.1 cm³/mol. The molecular weight excluding hydrogens is 236 g/mol. The van der Waals surface area contributed by atoms with E-state index in [1.165, 1.54) is 5.56 Å². The van der Waals surface area contributed by atoms with E-state index in [1.807, 2.05) is 12.1 Å². The molecule has 105 valence electrons. The Bertz CT molecular complexity index is 386. The first kappa shape index (κ1) is 14.5. The van der Waals surface area contributed by atoms with Crippen molar-refractivity contribution in [2.45, 2.75) is 45.4 Å². The molecule has 0 aliphatic carbocycles. The lowest BCUT2D eigenvalue weighted by molar-refractivity contribution is 0.199. The van der Waals surface area contributed by atoms with Crippen LogP contribution >= 0.6 is 0 Å². The van der Waals surface area contributed by atoms with E-state index in [9.17, 15) is 5.11 Å². The fourth-order valence-corrected chi connectivity index (χ4v) is 2.57. The van der Waals surface area contributed by atoms with E-state index in [2.05, 4.69) is 30.9 Å². The molecule has 1 saturated heterocycles. The fourth-order valence-electron chi connectivity index (χ4n) is 2.57. The predicted octanol–water partition coefficient (Wildman–Crippen LogP) is 2.50. The van der Waals surface area contributed by atoms with E-state index in [-0.39, 0.29) is 6.04 Å². The van der Waals surface area contributed by atoms with E-state index in [0.717, 1.165) is 31.6 Å². The molecule has 1 radical (unpaired) electrons. The van der Waals surface area contributed by atoms with Gasteiger partial charge in [0.25, 0.3) is 0 Å². The summed E-state index contributed by atoms with van der Waals surface area (Å²) in [5.74, 6) is 0. The summed E-state index contributed by atoms with van der Waals surface area (Å²) in [7, 11) is 0. The minimum atomic E-state index is -0.396. The Morgan fingerprint density at radius 3 is 2.47 bits per heavy atom. The molecule has 0 amide bonds. The monoisotopic (exact) mass is 261 g/mol. The van der Waals surface area contributed by atoms with Crippen molar-refractivity contribution in [3.05, 3.63) is 35.4 Å². The van der Waals surface area contributed by atoms with Gasteiger partial charge in [-0.2, -0.15) is 0 Å². The Morgan fingerprint density at radius 2 is 1.89 bits per heavy atom. The highest BCUT2D eigenvalue weighted by Gasteiger charge is 2.21. The number of hydrogen-bond acceptors (Lipinski definition) is 2. The van der Waals surface area contributed by atoms with Crippen LogP contribution in [-0.2, 0) is 0 Å². The van der Waals surface area contributed by atoms with Crippen LogP contribution in [-0.4, -0.2) is 35.7 Å². The molecule has 1 aromatic rings. The van der Waals surface area contributed by atoms with Gasteiger partial charge < -0.3 is 5.11 Å². The molecule has 2 rings (SSSR count). The molecule has 1 N–H and O–H groups in total. The van der Waals surface area contributed by atoms with Crippen molar-refractivity contribution in [2.24, 2.45) is 0 Å². The van der Waals surface area contributed by atoms with Gasteiger partial charge in [-0.15, -0.1) is 0 Å². The molecule has 1 heterocycles. The average Bonchev–Trinajstić information content (AvgIpc) is 2.64. The van der Waals surface area contributed by atoms with Crippen LogP contribution in [0.2, 0.25) is 0 Å². The maximum atomic E-state index is 9.55. The molecule has 0 aromatic heterocycles. The van der Waals surface area contributed by atoms with Crippen LogP contribution in [0.15, 0.2) is 24.3 Å². The van der Waals surface area contributed by atoms with Crippen LogP contribution < -0.4 is 5.32 Å². The lowest BCUT2D eigenvalue weighted by Crippen LogP contribution is -2.34. The zero-order valence-electron chi connectivity index (χ0n) is 12.2. The molecule has 1 aromatic carbocycles. The Labute approximate surface area is 116 Å². The smallest absolute Gasteiger partial charge is 0.0761 e. The topological polar surface area (TPSA) is 37.6 Å². The maximum absolute atomic E-state index is 9.55. The minimum absolute atomic E-state index is 0.271. The van der Waals surface area contributed by atoms with E-state index in [4.69, 9.17) is 5.32 Å². The van der Waals surface area contributed by atoms with Gasteiger partial charge in [-0.25, -0.2) is 5.32 Å². The second-order valence-corrected chi connectivity index (χ2v) is 5.71. The van der Waals surface area contributed by atoms with Crippen molar-refractivity contribution in [1.29, 1.82) is 0 Å². The second kappa shape index (κ2) is 6.51. The Morgan fingerprint density at radius 1 is 1.21 bits per heavy atom. The fraction of sp³-hybridized carbons (Fsp3) is 0.625. The van der Waals surface area contributed by atoms with Crippen molar-refractivity contribution < 1.29 is 5.11 Å². The van der Waals surface area contributed by atoms with Crippen LogP contribution in [0.5, 0.6) is 0 Å². The lowest BCUT2D eigenvalue weighted by atomic mass is 10.0. The highest BCUT2D eigenvalue weighted by Crippen LogP contribution is 2.22. The molecule has 2 atom stereocenters. The van der Waals surface area contributed by atoms with Gasteiger partial charge in [-0.3, -0.25) is 4.90 Å². The van der Waals surface area contributed by atoms with Crippen molar-refractivity contribution in [3.8, 4) is 0 Å². The number of benzene rings is 1. The minimum Gasteiger partial charge on any atom is -0.389 e. The molecule has 3 heteroatoms. The third-order valence-corrected chi connectivity index (χ3v) is 3.89. The average molecular weight is 261 g/mol. The van der Waals surface area contributed by atoms with Gasteiger partial charge in [0.15, 0.2) is 0 Å². The molecule has 0 saturated carbocycles. The first-order valence-electron chi connectivity index (χ1n) is 7.26. The van der Waals surface area contributed by atoms with Gasteiger partial charge in [0.1, 0.15) is 0 Å². The highest BCUT2D eigenvalue weighted by atomic mass is 16.3. The van der Waals surface area contributed by atoms with E-state index in [1.54, 1.807) is 6.92 Å². The third kappa shape index (κ3) is 3.78. The van der Waals surface area contributed by atoms with Gasteiger partial charge >= 0.3 is 0 Å². The maximum Gasteiger partial charge on any atom is 0.0761 e. The zero-order chi connectivity index (χ0) is 13.8. The Kier molecular flexibility index (Phi) is 4.97. The molecule has 1 aliphatic heterocycles. The molecule has 1 aliphatic rings. The lowest BCUT2D eigenvalue weighted by Gasteiger charge is -2.27. The molecule has 0 spiro atoms. The Hall–Kier alpha value is -0.900. The summed E-state index contributed by atoms with van der Waals surface area (Å²) in [6.07, 6.45) is 0.757. The molecule has 19 heavy (non-hydrogen) atoms. The number of hydrogen-bond donors (Lipinski definition) is 1. The summed E-state index contributed by atoms with van der Waals surface area (Å²) >= 11 is 0. The van der Waals surface area contributed by atoms with Crippen LogP contribution in [0, 0.1) is 0 Å². The van der Waals surface area contributed by atoms with E-state index in [0.29, 0.717) is 6.04 Å². The van der Waals surface area contributed by atoms with E-state index >= 15 is 0 Å². The number of aliphatic hydroxyl groups excluding tert-OH is 1. The molecular formula is C16H25N2O. The van der Waals surface area contributed by atoms with Crippen LogP contribution in [0.1, 0.15) is 50.5 Å². The molecule has 3 nitrogen and oxygen atoms in total. The highest BCUT2D eigenvalue weighted by molar-refractivity contribution is 5.26. The van der Waals surface area contributed by atoms with Gasteiger partial charge in [-0.05, 0) is 44.9 Å². The van der Waals surface area contributed by atoms with Crippen LogP contribution in [0.4, 0.5) is 0 Å². The van der Waals surface area contributed by atoms with Crippen molar-refractivity contribution in [2.75, 3.05) is 19.6 Å². The first-order valence-corrected chi connectivity index (χ1v) is 7.26. The first-order chi connectivity index (χ1) is 9.08. The van der Waals surface area contributed by atoms with Crippen LogP contribution in [0.25, 0.3) is 0 Å². The molecule has 2 unspecified atom stereocenters. The summed E-state index contributed by atoms with van der Waals surface area (Å²) in [6, 6.07) is 9.10. The van der Waals surface area contributed by atoms with Crippen molar-refractivity contribution in [3.63, 3.8) is 0 Å². The van der Waals surface area contributed by atoms with Crippen molar-refractivity contribution in [1.82, 2.24) is 10.2 Å². The zero-order valence-corrected chi connectivity index (χ0v) is 12.2.